The van der Waals surface area contributed by atoms with Gasteiger partial charge in [0.15, 0.2) is 0 Å². The Kier molecular flexibility index (Phi) is 3.90. The largest absolute Gasteiger partial charge is 0.314 e. The van der Waals surface area contributed by atoms with E-state index in [2.05, 4.69) is 48.3 Å². The molecule has 2 aliphatic rings. The molecule has 1 N–H and O–H groups in total. The van der Waals surface area contributed by atoms with Gasteiger partial charge in [0.25, 0.3) is 0 Å². The van der Waals surface area contributed by atoms with E-state index >= 15 is 0 Å². The number of nitrogens with zero attached hydrogens (tertiary/aromatic N) is 1. The minimum Gasteiger partial charge on any atom is -0.314 e. The predicted octanol–water partition coefficient (Wildman–Crippen LogP) is 2.82. The quantitative estimate of drug-likeness (QED) is 0.873. The second kappa shape index (κ2) is 5.64. The molecule has 1 fully saturated rings. The average Bonchev–Trinajstić information content (AvgIpc) is 3.27. The lowest BCUT2D eigenvalue weighted by atomic mass is 9.95. The predicted molar refractivity (Wildman–Crippen MR) is 80.2 cm³/mol. The summed E-state index contributed by atoms with van der Waals surface area (Å²) in [5.74, 6) is 0.728. The fraction of sp³-hybridized carbons (Fsp3) is 0.647. The Hall–Kier alpha value is -0.860. The Labute approximate surface area is 117 Å². The summed E-state index contributed by atoms with van der Waals surface area (Å²) >= 11 is 0. The van der Waals surface area contributed by atoms with E-state index < -0.39 is 0 Å². The van der Waals surface area contributed by atoms with Crippen molar-refractivity contribution in [1.29, 1.82) is 0 Å². The van der Waals surface area contributed by atoms with Gasteiger partial charge in [-0.05, 0) is 49.8 Å². The van der Waals surface area contributed by atoms with Crippen LogP contribution in [0.25, 0.3) is 0 Å². The summed E-state index contributed by atoms with van der Waals surface area (Å²) in [7, 11) is 0. The van der Waals surface area contributed by atoms with E-state index in [4.69, 9.17) is 0 Å². The molecule has 0 amide bonds. The summed E-state index contributed by atoms with van der Waals surface area (Å²) < 4.78 is 0. The van der Waals surface area contributed by atoms with Crippen LogP contribution >= 0.6 is 0 Å². The van der Waals surface area contributed by atoms with Crippen LogP contribution in [0.4, 0.5) is 0 Å². The first-order chi connectivity index (χ1) is 9.24. The molecule has 0 aromatic heterocycles. The van der Waals surface area contributed by atoms with Gasteiger partial charge < -0.3 is 5.32 Å². The van der Waals surface area contributed by atoms with Gasteiger partial charge in [-0.1, -0.05) is 31.2 Å². The van der Waals surface area contributed by atoms with Crippen LogP contribution in [0.2, 0.25) is 0 Å². The van der Waals surface area contributed by atoms with Gasteiger partial charge in [0.2, 0.25) is 0 Å². The number of hydrogen-bond acceptors (Lipinski definition) is 2. The lowest BCUT2D eigenvalue weighted by Gasteiger charge is -2.37. The summed E-state index contributed by atoms with van der Waals surface area (Å²) in [5, 5.41) is 3.67. The molecule has 0 radical (unpaired) electrons. The van der Waals surface area contributed by atoms with Crippen molar-refractivity contribution in [3.63, 3.8) is 0 Å². The lowest BCUT2D eigenvalue weighted by molar-refractivity contribution is 0.144. The molecule has 1 saturated carbocycles. The van der Waals surface area contributed by atoms with Crippen molar-refractivity contribution in [2.24, 2.45) is 5.92 Å². The minimum absolute atomic E-state index is 0.666. The Bertz CT molecular complexity index is 425. The summed E-state index contributed by atoms with van der Waals surface area (Å²) in [4.78, 5) is 2.65. The van der Waals surface area contributed by atoms with Crippen LogP contribution in [0, 0.1) is 5.92 Å². The van der Waals surface area contributed by atoms with Crippen LogP contribution in [0.3, 0.4) is 0 Å². The number of rotatable bonds is 5. The second-order valence-corrected chi connectivity index (χ2v) is 6.39. The maximum absolute atomic E-state index is 3.67. The zero-order valence-electron chi connectivity index (χ0n) is 12.2. The molecule has 2 unspecified atom stereocenters. The molecular formula is C17H26N2. The van der Waals surface area contributed by atoms with Crippen LogP contribution < -0.4 is 5.32 Å². The molecule has 1 heterocycles. The van der Waals surface area contributed by atoms with Crippen molar-refractivity contribution >= 4 is 0 Å². The first-order valence-electron chi connectivity index (χ1n) is 7.78. The minimum atomic E-state index is 0.666. The van der Waals surface area contributed by atoms with Crippen LogP contribution in [0.1, 0.15) is 37.8 Å². The van der Waals surface area contributed by atoms with Crippen LogP contribution in [0.5, 0.6) is 0 Å². The number of fused-ring (bicyclic) bond motifs is 1. The van der Waals surface area contributed by atoms with Crippen LogP contribution in [-0.4, -0.2) is 30.1 Å². The molecule has 1 aromatic rings. The highest BCUT2D eigenvalue weighted by Gasteiger charge is 2.26. The van der Waals surface area contributed by atoms with Gasteiger partial charge in [-0.3, -0.25) is 4.90 Å². The average molecular weight is 258 g/mol. The van der Waals surface area contributed by atoms with E-state index in [0.717, 1.165) is 18.5 Å². The molecule has 2 heteroatoms. The highest BCUT2D eigenvalue weighted by Crippen LogP contribution is 2.24. The Morgan fingerprint density at radius 2 is 1.95 bits per heavy atom. The van der Waals surface area contributed by atoms with Crippen molar-refractivity contribution in [2.75, 3.05) is 13.1 Å². The van der Waals surface area contributed by atoms with E-state index in [0.29, 0.717) is 6.04 Å². The SMILES string of the molecule is CC(CNC1CC1)C(C)N1CCc2ccccc2C1. The van der Waals surface area contributed by atoms with Gasteiger partial charge in [-0.25, -0.2) is 0 Å². The highest BCUT2D eigenvalue weighted by atomic mass is 15.2. The van der Waals surface area contributed by atoms with Crippen molar-refractivity contribution in [3.8, 4) is 0 Å². The fourth-order valence-corrected chi connectivity index (χ4v) is 3.04. The third-order valence-electron chi connectivity index (χ3n) is 4.87. The maximum atomic E-state index is 3.67. The molecule has 1 aliphatic heterocycles. The van der Waals surface area contributed by atoms with E-state index in [9.17, 15) is 0 Å². The lowest BCUT2D eigenvalue weighted by Crippen LogP contribution is -2.43. The number of nitrogens with one attached hydrogen (secondary N) is 1. The molecule has 1 aromatic carbocycles. The third-order valence-corrected chi connectivity index (χ3v) is 4.87. The molecule has 0 spiro atoms. The zero-order valence-corrected chi connectivity index (χ0v) is 12.2. The molecule has 3 rings (SSSR count). The fourth-order valence-electron chi connectivity index (χ4n) is 3.04. The summed E-state index contributed by atoms with van der Waals surface area (Å²) in [6.07, 6.45) is 3.99. The van der Waals surface area contributed by atoms with Crippen LogP contribution in [-0.2, 0) is 13.0 Å². The van der Waals surface area contributed by atoms with Crippen molar-refractivity contribution in [3.05, 3.63) is 35.4 Å². The molecule has 104 valence electrons. The molecular weight excluding hydrogens is 232 g/mol. The van der Waals surface area contributed by atoms with E-state index in [1.165, 1.54) is 37.9 Å². The van der Waals surface area contributed by atoms with Crippen molar-refractivity contribution in [1.82, 2.24) is 10.2 Å². The van der Waals surface area contributed by atoms with Crippen LogP contribution in [0.15, 0.2) is 24.3 Å². The molecule has 2 nitrogen and oxygen atoms in total. The van der Waals surface area contributed by atoms with Gasteiger partial charge in [-0.2, -0.15) is 0 Å². The van der Waals surface area contributed by atoms with Gasteiger partial charge in [0.1, 0.15) is 0 Å². The molecule has 2 atom stereocenters. The molecule has 19 heavy (non-hydrogen) atoms. The highest BCUT2D eigenvalue weighted by molar-refractivity contribution is 5.29. The first-order valence-corrected chi connectivity index (χ1v) is 7.78. The molecule has 0 saturated heterocycles. The zero-order chi connectivity index (χ0) is 13.2. The van der Waals surface area contributed by atoms with Gasteiger partial charge >= 0.3 is 0 Å². The van der Waals surface area contributed by atoms with Crippen molar-refractivity contribution < 1.29 is 0 Å². The summed E-state index contributed by atoms with van der Waals surface area (Å²) in [6.45, 7) is 8.30. The summed E-state index contributed by atoms with van der Waals surface area (Å²) in [5.41, 5.74) is 3.08. The van der Waals surface area contributed by atoms with Gasteiger partial charge in [0.05, 0.1) is 0 Å². The van der Waals surface area contributed by atoms with Gasteiger partial charge in [-0.15, -0.1) is 0 Å². The second-order valence-electron chi connectivity index (χ2n) is 6.39. The Balaban J connectivity index is 1.56. The molecule has 1 aliphatic carbocycles. The Morgan fingerprint density at radius 3 is 2.68 bits per heavy atom. The monoisotopic (exact) mass is 258 g/mol. The number of benzene rings is 1. The maximum Gasteiger partial charge on any atom is 0.0239 e. The third kappa shape index (κ3) is 3.18. The standard InChI is InChI=1S/C17H26N2/c1-13(11-18-17-7-8-17)14(2)19-10-9-15-5-3-4-6-16(15)12-19/h3-6,13-14,17-18H,7-12H2,1-2H3. The van der Waals surface area contributed by atoms with Crippen molar-refractivity contribution in [2.45, 2.75) is 51.7 Å². The van der Waals surface area contributed by atoms with Gasteiger partial charge in [0, 0.05) is 25.2 Å². The summed E-state index contributed by atoms with van der Waals surface area (Å²) in [6, 6.07) is 10.4. The van der Waals surface area contributed by atoms with E-state index in [1.54, 1.807) is 5.56 Å². The normalized spacial score (nSPS) is 22.8. The molecule has 0 bridgehead atoms. The smallest absolute Gasteiger partial charge is 0.0239 e. The van der Waals surface area contributed by atoms with E-state index in [1.807, 2.05) is 0 Å². The first kappa shape index (κ1) is 13.1. The Morgan fingerprint density at radius 1 is 1.21 bits per heavy atom. The topological polar surface area (TPSA) is 15.3 Å². The number of hydrogen-bond donors (Lipinski definition) is 1. The van der Waals surface area contributed by atoms with E-state index in [-0.39, 0.29) is 0 Å².